The number of methoxy groups -OCH3 is 2. The van der Waals surface area contributed by atoms with Crippen molar-refractivity contribution in [1.82, 2.24) is 0 Å². The largest absolute Gasteiger partial charge is 0.497 e. The highest BCUT2D eigenvalue weighted by Gasteiger charge is 2.10. The first-order valence-electron chi connectivity index (χ1n) is 7.07. The Hall–Kier alpha value is -2.28. The van der Waals surface area contributed by atoms with Crippen molar-refractivity contribution in [3.05, 3.63) is 51.7 Å². The lowest BCUT2D eigenvalue weighted by Gasteiger charge is -2.14. The minimum absolute atomic E-state index is 0.00753. The Labute approximate surface area is 147 Å². The van der Waals surface area contributed by atoms with Crippen LogP contribution >= 0.6 is 15.9 Å². The van der Waals surface area contributed by atoms with Crippen LogP contribution in [0.15, 0.2) is 34.8 Å². The Kier molecular flexibility index (Phi) is 6.43. The van der Waals surface area contributed by atoms with Crippen LogP contribution in [-0.4, -0.2) is 20.7 Å². The summed E-state index contributed by atoms with van der Waals surface area (Å²) in [6.07, 6.45) is 0. The molecule has 0 aromatic heterocycles. The number of ether oxygens (including phenoxy) is 3. The summed E-state index contributed by atoms with van der Waals surface area (Å²) in [5.74, 6) is 0.900. The van der Waals surface area contributed by atoms with Crippen molar-refractivity contribution in [3.63, 3.8) is 0 Å². The van der Waals surface area contributed by atoms with E-state index < -0.39 is 5.82 Å². The topological polar surface area (TPSA) is 56.8 Å². The van der Waals surface area contributed by atoms with Crippen molar-refractivity contribution in [2.45, 2.75) is 13.2 Å². The van der Waals surface area contributed by atoms with E-state index in [1.807, 2.05) is 12.1 Å². The zero-order valence-electron chi connectivity index (χ0n) is 13.3. The second-order valence-electron chi connectivity index (χ2n) is 4.86. The quantitative estimate of drug-likeness (QED) is 0.684. The van der Waals surface area contributed by atoms with Gasteiger partial charge in [0.05, 0.1) is 19.9 Å². The van der Waals surface area contributed by atoms with Crippen molar-refractivity contribution in [2.24, 2.45) is 0 Å². The maximum Gasteiger partial charge on any atom is 0.293 e. The summed E-state index contributed by atoms with van der Waals surface area (Å²) in [6.45, 7) is 0.709. The molecule has 7 heteroatoms. The minimum Gasteiger partial charge on any atom is -0.497 e. The van der Waals surface area contributed by atoms with Gasteiger partial charge in [0.15, 0.2) is 0 Å². The zero-order valence-corrected chi connectivity index (χ0v) is 14.9. The number of benzene rings is 2. The fourth-order valence-corrected chi connectivity index (χ4v) is 2.60. The molecule has 1 N–H and O–H groups in total. The van der Waals surface area contributed by atoms with Crippen LogP contribution in [0.2, 0.25) is 0 Å². The van der Waals surface area contributed by atoms with Crippen molar-refractivity contribution in [2.75, 3.05) is 19.5 Å². The standard InChI is InChI=1S/C17H17BrFNO4/c1-22-13-4-3-11(17(6-13)23-2)8-20-16-7-14(18)12(5-15(16)19)9-24-10-21/h3-7,10,20H,8-9H2,1-2H3. The molecule has 0 aliphatic carbocycles. The lowest BCUT2D eigenvalue weighted by atomic mass is 10.1. The molecule has 0 aliphatic rings. The van der Waals surface area contributed by atoms with Gasteiger partial charge >= 0.3 is 0 Å². The minimum atomic E-state index is -0.435. The number of halogens is 2. The first-order valence-corrected chi connectivity index (χ1v) is 7.86. The Morgan fingerprint density at radius 1 is 1.17 bits per heavy atom. The highest BCUT2D eigenvalue weighted by molar-refractivity contribution is 9.10. The first kappa shape index (κ1) is 18.1. The number of rotatable bonds is 8. The maximum atomic E-state index is 14.2. The first-order chi connectivity index (χ1) is 11.6. The average Bonchev–Trinajstić information content (AvgIpc) is 2.60. The molecule has 0 fully saturated rings. The van der Waals surface area contributed by atoms with E-state index in [1.54, 1.807) is 26.4 Å². The van der Waals surface area contributed by atoms with Crippen LogP contribution in [0.25, 0.3) is 0 Å². The van der Waals surface area contributed by atoms with Crippen LogP contribution in [0, 0.1) is 5.82 Å². The van der Waals surface area contributed by atoms with Gasteiger partial charge in [0.2, 0.25) is 0 Å². The van der Waals surface area contributed by atoms with E-state index in [0.717, 1.165) is 5.56 Å². The summed E-state index contributed by atoms with van der Waals surface area (Å²) in [6, 6.07) is 8.36. The van der Waals surface area contributed by atoms with Crippen molar-refractivity contribution >= 4 is 28.1 Å². The third-order valence-electron chi connectivity index (χ3n) is 3.41. The van der Waals surface area contributed by atoms with Gasteiger partial charge < -0.3 is 19.5 Å². The number of anilines is 1. The molecule has 0 bridgehead atoms. The number of carbonyl (C=O) groups excluding carboxylic acids is 1. The summed E-state index contributed by atoms with van der Waals surface area (Å²) in [5, 5.41) is 3.03. The third-order valence-corrected chi connectivity index (χ3v) is 4.14. The maximum absolute atomic E-state index is 14.2. The van der Waals surface area contributed by atoms with Gasteiger partial charge in [-0.3, -0.25) is 4.79 Å². The fourth-order valence-electron chi connectivity index (χ4n) is 2.15. The number of hydrogen-bond acceptors (Lipinski definition) is 5. The van der Waals surface area contributed by atoms with Gasteiger partial charge in [-0.05, 0) is 24.3 Å². The summed E-state index contributed by atoms with van der Waals surface area (Å²) in [4.78, 5) is 10.2. The monoisotopic (exact) mass is 397 g/mol. The second-order valence-corrected chi connectivity index (χ2v) is 5.72. The van der Waals surface area contributed by atoms with Gasteiger partial charge in [0, 0.05) is 28.2 Å². The molecule has 5 nitrogen and oxygen atoms in total. The summed E-state index contributed by atoms with van der Waals surface area (Å²) in [7, 11) is 3.15. The van der Waals surface area contributed by atoms with Crippen LogP contribution < -0.4 is 14.8 Å². The molecular weight excluding hydrogens is 381 g/mol. The van der Waals surface area contributed by atoms with E-state index in [9.17, 15) is 9.18 Å². The molecule has 0 unspecified atom stereocenters. The van der Waals surface area contributed by atoms with E-state index in [-0.39, 0.29) is 6.61 Å². The molecule has 24 heavy (non-hydrogen) atoms. The van der Waals surface area contributed by atoms with E-state index in [0.29, 0.717) is 40.2 Å². The molecule has 2 rings (SSSR count). The normalized spacial score (nSPS) is 10.2. The fraction of sp³-hybridized carbons (Fsp3) is 0.235. The molecule has 0 heterocycles. The van der Waals surface area contributed by atoms with Crippen LogP contribution in [-0.2, 0) is 22.7 Å². The van der Waals surface area contributed by atoms with Crippen LogP contribution in [0.3, 0.4) is 0 Å². The predicted octanol–water partition coefficient (Wildman–Crippen LogP) is 3.89. The van der Waals surface area contributed by atoms with Gasteiger partial charge in [-0.1, -0.05) is 15.9 Å². The zero-order chi connectivity index (χ0) is 17.5. The SMILES string of the molecule is COc1ccc(CNc2cc(Br)c(COC=O)cc2F)c(OC)c1. The summed E-state index contributed by atoms with van der Waals surface area (Å²) >= 11 is 3.34. The van der Waals surface area contributed by atoms with Crippen LogP contribution in [0.5, 0.6) is 11.5 Å². The molecule has 0 aliphatic heterocycles. The Balaban J connectivity index is 2.14. The van der Waals surface area contributed by atoms with Gasteiger partial charge in [-0.25, -0.2) is 4.39 Å². The Bertz CT molecular complexity index is 724. The second kappa shape index (κ2) is 8.54. The van der Waals surface area contributed by atoms with Crippen LogP contribution in [0.4, 0.5) is 10.1 Å². The predicted molar refractivity (Wildman–Crippen MR) is 91.8 cm³/mol. The molecule has 0 amide bonds. The summed E-state index contributed by atoms with van der Waals surface area (Å²) in [5.41, 5.74) is 1.74. The smallest absolute Gasteiger partial charge is 0.293 e. The van der Waals surface area contributed by atoms with Gasteiger partial charge in [0.25, 0.3) is 6.47 Å². The number of nitrogens with one attached hydrogen (secondary N) is 1. The van der Waals surface area contributed by atoms with Gasteiger partial charge in [-0.15, -0.1) is 0 Å². The molecule has 2 aromatic rings. The molecule has 128 valence electrons. The summed E-state index contributed by atoms with van der Waals surface area (Å²) < 4.78 is 30.0. The molecule has 2 aromatic carbocycles. The average molecular weight is 398 g/mol. The lowest BCUT2D eigenvalue weighted by molar-refractivity contribution is -0.129. The van der Waals surface area contributed by atoms with Gasteiger partial charge in [0.1, 0.15) is 23.9 Å². The molecule has 0 spiro atoms. The highest BCUT2D eigenvalue weighted by Crippen LogP contribution is 2.28. The van der Waals surface area contributed by atoms with E-state index in [1.165, 1.54) is 6.07 Å². The third kappa shape index (κ3) is 4.38. The number of carbonyl (C=O) groups is 1. The molecular formula is C17H17BrFNO4. The van der Waals surface area contributed by atoms with Crippen molar-refractivity contribution < 1.29 is 23.4 Å². The van der Waals surface area contributed by atoms with Crippen molar-refractivity contribution in [1.29, 1.82) is 0 Å². The Morgan fingerprint density at radius 3 is 2.62 bits per heavy atom. The molecule has 0 atom stereocenters. The van der Waals surface area contributed by atoms with E-state index in [4.69, 9.17) is 9.47 Å². The Morgan fingerprint density at radius 2 is 1.96 bits per heavy atom. The molecule has 0 saturated carbocycles. The van der Waals surface area contributed by atoms with Crippen LogP contribution in [0.1, 0.15) is 11.1 Å². The molecule has 0 saturated heterocycles. The van der Waals surface area contributed by atoms with Crippen molar-refractivity contribution in [3.8, 4) is 11.5 Å². The van der Waals surface area contributed by atoms with Gasteiger partial charge in [-0.2, -0.15) is 0 Å². The number of hydrogen-bond donors (Lipinski definition) is 1. The molecule has 0 radical (unpaired) electrons. The van der Waals surface area contributed by atoms with E-state index >= 15 is 0 Å². The highest BCUT2D eigenvalue weighted by atomic mass is 79.9. The lowest BCUT2D eigenvalue weighted by Crippen LogP contribution is -2.05. The van der Waals surface area contributed by atoms with E-state index in [2.05, 4.69) is 26.0 Å².